The third-order valence-electron chi connectivity index (χ3n) is 10.1. The molecule has 1 aromatic heterocycles. The van der Waals surface area contributed by atoms with Crippen LogP contribution >= 0.6 is 0 Å². The number of nitrogens with zero attached hydrogens (tertiary/aromatic N) is 2. The van der Waals surface area contributed by atoms with Crippen LogP contribution in [0.4, 0.5) is 11.5 Å². The largest absolute Gasteiger partial charge is 0.507 e. The number of aromatic nitrogens is 1. The van der Waals surface area contributed by atoms with Gasteiger partial charge in [0.05, 0.1) is 24.3 Å². The molecule has 224 valence electrons. The number of hydrogen-bond acceptors (Lipinski definition) is 8. The Kier molecular flexibility index (Phi) is 8.23. The SMILES string of the molecule is C=C1CCC2[C@](C)(CC[C@@H](O)[C@@]2(C)CO)C1CC(Nc1ccccn1)C1=CC(=Cc2ccc(N(C)C)cc2O)OC1=O. The number of ether oxygens (including phenoxy) is 1. The number of benzene rings is 1. The molecule has 2 fully saturated rings. The second-order valence-electron chi connectivity index (χ2n) is 12.8. The summed E-state index contributed by atoms with van der Waals surface area (Å²) < 4.78 is 5.70. The first-order valence-corrected chi connectivity index (χ1v) is 14.8. The van der Waals surface area contributed by atoms with E-state index >= 15 is 0 Å². The molecule has 0 spiro atoms. The van der Waals surface area contributed by atoms with Crippen LogP contribution in [-0.4, -0.2) is 59.1 Å². The van der Waals surface area contributed by atoms with E-state index in [-0.39, 0.29) is 29.6 Å². The van der Waals surface area contributed by atoms with Gasteiger partial charge in [-0.25, -0.2) is 9.78 Å². The average Bonchev–Trinajstić information content (AvgIpc) is 3.33. The van der Waals surface area contributed by atoms with Gasteiger partial charge in [0, 0.05) is 43.0 Å². The molecule has 8 nitrogen and oxygen atoms in total. The molecule has 0 bridgehead atoms. The lowest BCUT2D eigenvalue weighted by Gasteiger charge is -2.60. The first-order chi connectivity index (χ1) is 20.0. The number of pyridine rings is 1. The molecule has 2 saturated carbocycles. The van der Waals surface area contributed by atoms with Gasteiger partial charge in [0.15, 0.2) is 0 Å². The van der Waals surface area contributed by atoms with E-state index in [1.165, 1.54) is 0 Å². The quantitative estimate of drug-likeness (QED) is 0.249. The molecule has 0 radical (unpaired) electrons. The average molecular weight is 574 g/mol. The van der Waals surface area contributed by atoms with Crippen LogP contribution in [0.2, 0.25) is 0 Å². The third kappa shape index (κ3) is 5.45. The van der Waals surface area contributed by atoms with Gasteiger partial charge < -0.3 is 30.3 Å². The Morgan fingerprint density at radius 1 is 1.24 bits per heavy atom. The molecule has 1 aromatic carbocycles. The second kappa shape index (κ2) is 11.6. The van der Waals surface area contributed by atoms with Gasteiger partial charge in [0.2, 0.25) is 0 Å². The maximum Gasteiger partial charge on any atom is 0.341 e. The van der Waals surface area contributed by atoms with Crippen LogP contribution in [0, 0.1) is 22.7 Å². The van der Waals surface area contributed by atoms with Crippen molar-refractivity contribution in [2.75, 3.05) is 30.9 Å². The van der Waals surface area contributed by atoms with Crippen LogP contribution < -0.4 is 10.2 Å². The summed E-state index contributed by atoms with van der Waals surface area (Å²) in [5.74, 6) is 0.807. The number of phenols is 1. The highest BCUT2D eigenvalue weighted by Gasteiger charge is 2.58. The van der Waals surface area contributed by atoms with Gasteiger partial charge in [-0.2, -0.15) is 0 Å². The summed E-state index contributed by atoms with van der Waals surface area (Å²) >= 11 is 0. The number of esters is 1. The predicted octanol–water partition coefficient (Wildman–Crippen LogP) is 5.29. The normalized spacial score (nSPS) is 30.9. The molecule has 3 aliphatic rings. The van der Waals surface area contributed by atoms with Crippen molar-refractivity contribution in [2.24, 2.45) is 22.7 Å². The van der Waals surface area contributed by atoms with Gasteiger partial charge in [0.25, 0.3) is 0 Å². The topological polar surface area (TPSA) is 115 Å². The molecule has 42 heavy (non-hydrogen) atoms. The maximum absolute atomic E-state index is 13.4. The van der Waals surface area contributed by atoms with E-state index in [0.29, 0.717) is 35.6 Å². The molecule has 3 unspecified atom stereocenters. The van der Waals surface area contributed by atoms with Gasteiger partial charge in [-0.05, 0) is 85.8 Å². The van der Waals surface area contributed by atoms with Crippen molar-refractivity contribution in [1.82, 2.24) is 4.98 Å². The minimum absolute atomic E-state index is 0.0418. The molecule has 5 rings (SSSR count). The summed E-state index contributed by atoms with van der Waals surface area (Å²) in [7, 11) is 3.80. The van der Waals surface area contributed by atoms with Gasteiger partial charge in [-0.15, -0.1) is 0 Å². The third-order valence-corrected chi connectivity index (χ3v) is 10.1. The van der Waals surface area contributed by atoms with E-state index in [1.54, 1.807) is 30.5 Å². The zero-order valence-electron chi connectivity index (χ0n) is 25.0. The molecule has 2 heterocycles. The van der Waals surface area contributed by atoms with Gasteiger partial charge in [-0.3, -0.25) is 0 Å². The summed E-state index contributed by atoms with van der Waals surface area (Å²) in [6.45, 7) is 8.68. The standard InChI is InChI=1S/C34H43N3O5/c1-21-9-12-29-33(2,14-13-30(40)34(29,3)20-38)26(21)19-27(36-31-8-6-7-15-35-31)25-18-24(42-32(25)41)16-22-10-11-23(37(4)5)17-28(22)39/h6-8,10-11,15-18,26-27,29-30,38-40H,1,9,12-14,19-20H2,2-5H3,(H,35,36)/t26?,27?,29?,30-,33-,34+/m1/s1. The fraction of sp³-hybridized carbons (Fsp3) is 0.471. The summed E-state index contributed by atoms with van der Waals surface area (Å²) in [6, 6.07) is 10.5. The number of aliphatic hydroxyl groups is 2. The smallest absolute Gasteiger partial charge is 0.341 e. The van der Waals surface area contributed by atoms with E-state index in [9.17, 15) is 20.1 Å². The first-order valence-electron chi connectivity index (χ1n) is 14.8. The number of carbonyl (C=O) groups is 1. The lowest BCUT2D eigenvalue weighted by molar-refractivity contribution is -0.152. The van der Waals surface area contributed by atoms with E-state index in [0.717, 1.165) is 30.5 Å². The molecule has 6 atom stereocenters. The van der Waals surface area contributed by atoms with E-state index in [4.69, 9.17) is 4.74 Å². The zero-order valence-corrected chi connectivity index (χ0v) is 25.0. The molecule has 4 N–H and O–H groups in total. The number of allylic oxidation sites excluding steroid dienone is 2. The Morgan fingerprint density at radius 2 is 2.02 bits per heavy atom. The molecule has 0 amide bonds. The highest BCUT2D eigenvalue weighted by Crippen LogP contribution is 2.62. The molecule has 0 saturated heterocycles. The predicted molar refractivity (Wildman–Crippen MR) is 165 cm³/mol. The van der Waals surface area contributed by atoms with Crippen molar-refractivity contribution >= 4 is 23.6 Å². The van der Waals surface area contributed by atoms with E-state index < -0.39 is 23.5 Å². The van der Waals surface area contributed by atoms with Crippen LogP contribution in [0.5, 0.6) is 5.75 Å². The summed E-state index contributed by atoms with van der Waals surface area (Å²) in [4.78, 5) is 19.7. The first kappa shape index (κ1) is 29.9. The fourth-order valence-electron chi connectivity index (χ4n) is 7.57. The Morgan fingerprint density at radius 3 is 2.69 bits per heavy atom. The van der Waals surface area contributed by atoms with Crippen molar-refractivity contribution < 1.29 is 24.9 Å². The summed E-state index contributed by atoms with van der Waals surface area (Å²) in [5, 5.41) is 35.4. The Labute approximate surface area is 248 Å². The highest BCUT2D eigenvalue weighted by atomic mass is 16.5. The maximum atomic E-state index is 13.4. The Hall–Kier alpha value is -3.62. The van der Waals surface area contributed by atoms with Crippen molar-refractivity contribution in [3.63, 3.8) is 0 Å². The van der Waals surface area contributed by atoms with Gasteiger partial charge in [0.1, 0.15) is 17.3 Å². The number of nitrogens with one attached hydrogen (secondary N) is 1. The van der Waals surface area contributed by atoms with Gasteiger partial charge >= 0.3 is 5.97 Å². The molecule has 8 heteroatoms. The van der Waals surface area contributed by atoms with Gasteiger partial charge in [-0.1, -0.05) is 32.1 Å². The number of rotatable bonds is 8. The number of aromatic hydroxyl groups is 1. The lowest BCUT2D eigenvalue weighted by atomic mass is 9.46. The number of fused-ring (bicyclic) bond motifs is 1. The minimum Gasteiger partial charge on any atom is -0.507 e. The van der Waals surface area contributed by atoms with E-state index in [2.05, 4.69) is 23.8 Å². The van der Waals surface area contributed by atoms with Crippen LogP contribution in [-0.2, 0) is 9.53 Å². The van der Waals surface area contributed by atoms with Crippen LogP contribution in [0.1, 0.15) is 51.5 Å². The number of hydrogen-bond donors (Lipinski definition) is 4. The highest BCUT2D eigenvalue weighted by molar-refractivity contribution is 5.95. The molecule has 2 aliphatic carbocycles. The number of phenolic OH excluding ortho intramolecular Hbond substituents is 1. The molecular weight excluding hydrogens is 530 g/mol. The number of anilines is 2. The van der Waals surface area contributed by atoms with E-state index in [1.807, 2.05) is 50.2 Å². The molecule has 2 aromatic rings. The number of cyclic esters (lactones) is 1. The van der Waals surface area contributed by atoms with Crippen molar-refractivity contribution in [2.45, 2.75) is 58.1 Å². The molecule has 1 aliphatic heterocycles. The minimum atomic E-state index is -0.596. The van der Waals surface area contributed by atoms with Crippen molar-refractivity contribution in [3.05, 3.63) is 77.7 Å². The molecular formula is C34H43N3O5. The summed E-state index contributed by atoms with van der Waals surface area (Å²) in [5.41, 5.74) is 2.22. The van der Waals surface area contributed by atoms with Crippen molar-refractivity contribution in [3.8, 4) is 5.75 Å². The van der Waals surface area contributed by atoms with Crippen LogP contribution in [0.25, 0.3) is 6.08 Å². The van der Waals surface area contributed by atoms with Crippen LogP contribution in [0.15, 0.2) is 72.2 Å². The number of aliphatic hydroxyl groups excluding tert-OH is 2. The van der Waals surface area contributed by atoms with Crippen LogP contribution in [0.3, 0.4) is 0 Å². The fourth-order valence-corrected chi connectivity index (χ4v) is 7.57. The Bertz CT molecular complexity index is 1400. The second-order valence-corrected chi connectivity index (χ2v) is 12.8. The Balaban J connectivity index is 1.50. The lowest BCUT2D eigenvalue weighted by Crippen LogP contribution is -2.58. The zero-order chi connectivity index (χ0) is 30.2. The summed E-state index contributed by atoms with van der Waals surface area (Å²) in [6.07, 6.45) is 8.24. The monoisotopic (exact) mass is 573 g/mol. The van der Waals surface area contributed by atoms with Crippen molar-refractivity contribution in [1.29, 1.82) is 0 Å². The number of carbonyl (C=O) groups excluding carboxylic acids is 1.